The van der Waals surface area contributed by atoms with Crippen LogP contribution in [0.1, 0.15) is 23.7 Å². The third kappa shape index (κ3) is 3.53. The molecule has 2 rings (SSSR count). The first-order chi connectivity index (χ1) is 8.42. The van der Waals surface area contributed by atoms with Gasteiger partial charge in [0.15, 0.2) is 0 Å². The molecule has 0 heterocycles. The molecule has 1 aromatic rings. The fraction of sp³-hybridized carbons (Fsp3) is 0.571. The summed E-state index contributed by atoms with van der Waals surface area (Å²) in [5.74, 6) is 0. The molecule has 0 aliphatic heterocycles. The first-order valence-electron chi connectivity index (χ1n) is 6.31. The van der Waals surface area contributed by atoms with E-state index in [2.05, 4.69) is 29.6 Å². The maximum Gasteiger partial charge on any atom is 0.0831 e. The molecule has 0 saturated heterocycles. The molecule has 17 heavy (non-hydrogen) atoms. The summed E-state index contributed by atoms with van der Waals surface area (Å²) in [5, 5.41) is 3.28. The largest absolute Gasteiger partial charge is 0.383 e. The van der Waals surface area contributed by atoms with Gasteiger partial charge in [0.1, 0.15) is 0 Å². The zero-order valence-electron chi connectivity index (χ0n) is 10.4. The Bertz CT molecular complexity index is 341. The van der Waals surface area contributed by atoms with Gasteiger partial charge in [-0.05, 0) is 24.0 Å². The highest BCUT2D eigenvalue weighted by Gasteiger charge is 2.21. The van der Waals surface area contributed by atoms with Gasteiger partial charge in [0.05, 0.1) is 19.3 Å². The summed E-state index contributed by atoms with van der Waals surface area (Å²) in [4.78, 5) is 0. The molecule has 1 aliphatic rings. The molecule has 0 radical (unpaired) electrons. The van der Waals surface area contributed by atoms with Crippen molar-refractivity contribution >= 4 is 0 Å². The molecule has 0 fully saturated rings. The third-order valence-corrected chi connectivity index (χ3v) is 3.16. The molecule has 0 bridgehead atoms. The van der Waals surface area contributed by atoms with Crippen LogP contribution < -0.4 is 5.32 Å². The lowest BCUT2D eigenvalue weighted by atomic mass is 10.1. The Morgan fingerprint density at radius 3 is 2.94 bits per heavy atom. The van der Waals surface area contributed by atoms with Crippen LogP contribution in [0.2, 0.25) is 0 Å². The second-order valence-corrected chi connectivity index (χ2v) is 4.34. The molecular formula is C14H21NO2. The van der Waals surface area contributed by atoms with Crippen LogP contribution in [0, 0.1) is 0 Å². The minimum Gasteiger partial charge on any atom is -0.383 e. The SMILES string of the molecule is COCCNCCO[C@@H]1CCc2ccccc21. The molecule has 0 aromatic heterocycles. The van der Waals surface area contributed by atoms with Crippen LogP contribution in [0.15, 0.2) is 24.3 Å². The normalized spacial score (nSPS) is 18.3. The van der Waals surface area contributed by atoms with Crippen LogP contribution in [0.3, 0.4) is 0 Å². The lowest BCUT2D eigenvalue weighted by molar-refractivity contribution is 0.0552. The summed E-state index contributed by atoms with van der Waals surface area (Å²) in [5.41, 5.74) is 2.83. The summed E-state index contributed by atoms with van der Waals surface area (Å²) in [6.45, 7) is 3.30. The average Bonchev–Trinajstić information content (AvgIpc) is 2.77. The smallest absolute Gasteiger partial charge is 0.0831 e. The topological polar surface area (TPSA) is 30.5 Å². The predicted octanol–water partition coefficient (Wildman–Crippen LogP) is 1.93. The van der Waals surface area contributed by atoms with Crippen molar-refractivity contribution in [2.75, 3.05) is 33.4 Å². The number of fused-ring (bicyclic) bond motifs is 1. The van der Waals surface area contributed by atoms with Gasteiger partial charge in [-0.25, -0.2) is 0 Å². The Kier molecular flexibility index (Phi) is 4.98. The van der Waals surface area contributed by atoms with Gasteiger partial charge in [-0.1, -0.05) is 24.3 Å². The molecule has 94 valence electrons. The van der Waals surface area contributed by atoms with Crippen molar-refractivity contribution in [2.45, 2.75) is 18.9 Å². The fourth-order valence-corrected chi connectivity index (χ4v) is 2.26. The summed E-state index contributed by atoms with van der Waals surface area (Å²) in [6, 6.07) is 8.59. The predicted molar refractivity (Wildman–Crippen MR) is 68.2 cm³/mol. The third-order valence-electron chi connectivity index (χ3n) is 3.16. The number of hydrogen-bond acceptors (Lipinski definition) is 3. The number of methoxy groups -OCH3 is 1. The summed E-state index contributed by atoms with van der Waals surface area (Å²) in [7, 11) is 1.72. The van der Waals surface area contributed by atoms with E-state index in [1.165, 1.54) is 11.1 Å². The molecule has 1 N–H and O–H groups in total. The van der Waals surface area contributed by atoms with Crippen LogP contribution in [0.4, 0.5) is 0 Å². The Morgan fingerprint density at radius 1 is 1.24 bits per heavy atom. The van der Waals surface area contributed by atoms with E-state index in [1.54, 1.807) is 7.11 Å². The standard InChI is InChI=1S/C14H21NO2/c1-16-10-8-15-9-11-17-14-7-6-12-4-2-3-5-13(12)14/h2-5,14-15H,6-11H2,1H3/t14-/m1/s1. The van der Waals surface area contributed by atoms with Gasteiger partial charge < -0.3 is 14.8 Å². The van der Waals surface area contributed by atoms with Crippen molar-refractivity contribution in [2.24, 2.45) is 0 Å². The Balaban J connectivity index is 1.68. The lowest BCUT2D eigenvalue weighted by Gasteiger charge is -2.13. The Labute approximate surface area is 103 Å². The quantitative estimate of drug-likeness (QED) is 0.732. The highest BCUT2D eigenvalue weighted by atomic mass is 16.5. The number of aryl methyl sites for hydroxylation is 1. The van der Waals surface area contributed by atoms with Crippen molar-refractivity contribution in [3.05, 3.63) is 35.4 Å². The molecule has 0 spiro atoms. The number of benzene rings is 1. The molecule has 0 saturated carbocycles. The fourth-order valence-electron chi connectivity index (χ4n) is 2.26. The van der Waals surface area contributed by atoms with Crippen molar-refractivity contribution in [3.8, 4) is 0 Å². The first-order valence-corrected chi connectivity index (χ1v) is 6.31. The van der Waals surface area contributed by atoms with Gasteiger partial charge in [0, 0.05) is 20.2 Å². The first kappa shape index (κ1) is 12.6. The minimum atomic E-state index is 0.301. The monoisotopic (exact) mass is 235 g/mol. The van der Waals surface area contributed by atoms with Gasteiger partial charge >= 0.3 is 0 Å². The number of hydrogen-bond donors (Lipinski definition) is 1. The Morgan fingerprint density at radius 2 is 2.06 bits per heavy atom. The van der Waals surface area contributed by atoms with Gasteiger partial charge in [-0.2, -0.15) is 0 Å². The summed E-state index contributed by atoms with van der Waals surface area (Å²) >= 11 is 0. The van der Waals surface area contributed by atoms with E-state index >= 15 is 0 Å². The van der Waals surface area contributed by atoms with E-state index in [9.17, 15) is 0 Å². The number of ether oxygens (including phenoxy) is 2. The van der Waals surface area contributed by atoms with E-state index < -0.39 is 0 Å². The molecule has 3 heteroatoms. The van der Waals surface area contributed by atoms with Gasteiger partial charge in [-0.3, -0.25) is 0 Å². The number of nitrogens with one attached hydrogen (secondary N) is 1. The van der Waals surface area contributed by atoms with E-state index in [0.717, 1.165) is 39.1 Å². The minimum absolute atomic E-state index is 0.301. The highest BCUT2D eigenvalue weighted by molar-refractivity contribution is 5.33. The highest BCUT2D eigenvalue weighted by Crippen LogP contribution is 2.33. The van der Waals surface area contributed by atoms with Crippen molar-refractivity contribution < 1.29 is 9.47 Å². The van der Waals surface area contributed by atoms with Crippen molar-refractivity contribution in [1.29, 1.82) is 0 Å². The molecule has 1 atom stereocenters. The van der Waals surface area contributed by atoms with Crippen LogP contribution in [-0.2, 0) is 15.9 Å². The maximum atomic E-state index is 5.91. The van der Waals surface area contributed by atoms with Crippen molar-refractivity contribution in [1.82, 2.24) is 5.32 Å². The molecule has 1 aliphatic carbocycles. The summed E-state index contributed by atoms with van der Waals surface area (Å²) in [6.07, 6.45) is 2.57. The molecule has 0 amide bonds. The lowest BCUT2D eigenvalue weighted by Crippen LogP contribution is -2.24. The molecule has 0 unspecified atom stereocenters. The second-order valence-electron chi connectivity index (χ2n) is 4.34. The summed E-state index contributed by atoms with van der Waals surface area (Å²) < 4.78 is 10.9. The van der Waals surface area contributed by atoms with Gasteiger partial charge in [0.25, 0.3) is 0 Å². The van der Waals surface area contributed by atoms with Gasteiger partial charge in [-0.15, -0.1) is 0 Å². The van der Waals surface area contributed by atoms with E-state index in [0.29, 0.717) is 6.10 Å². The Hall–Kier alpha value is -0.900. The van der Waals surface area contributed by atoms with E-state index in [-0.39, 0.29) is 0 Å². The molecule has 1 aromatic carbocycles. The zero-order valence-corrected chi connectivity index (χ0v) is 10.4. The maximum absolute atomic E-state index is 5.91. The van der Waals surface area contributed by atoms with Crippen LogP contribution in [0.25, 0.3) is 0 Å². The van der Waals surface area contributed by atoms with E-state index in [4.69, 9.17) is 9.47 Å². The number of rotatable bonds is 7. The van der Waals surface area contributed by atoms with Crippen LogP contribution in [-0.4, -0.2) is 33.4 Å². The average molecular weight is 235 g/mol. The van der Waals surface area contributed by atoms with Crippen molar-refractivity contribution in [3.63, 3.8) is 0 Å². The zero-order chi connectivity index (χ0) is 11.9. The second kappa shape index (κ2) is 6.74. The molecular weight excluding hydrogens is 214 g/mol. The van der Waals surface area contributed by atoms with Gasteiger partial charge in [0.2, 0.25) is 0 Å². The van der Waals surface area contributed by atoms with Crippen LogP contribution >= 0.6 is 0 Å². The van der Waals surface area contributed by atoms with E-state index in [1.807, 2.05) is 0 Å². The molecule has 3 nitrogen and oxygen atoms in total. The van der Waals surface area contributed by atoms with Crippen LogP contribution in [0.5, 0.6) is 0 Å².